The van der Waals surface area contributed by atoms with Crippen molar-refractivity contribution in [1.82, 2.24) is 15.0 Å². The summed E-state index contributed by atoms with van der Waals surface area (Å²) in [7, 11) is 1.79. The second-order valence-corrected chi connectivity index (χ2v) is 4.52. The van der Waals surface area contributed by atoms with Crippen LogP contribution in [0.25, 0.3) is 0 Å². The third-order valence-corrected chi connectivity index (χ3v) is 3.05. The van der Waals surface area contributed by atoms with Crippen molar-refractivity contribution in [1.29, 1.82) is 0 Å². The van der Waals surface area contributed by atoms with Crippen molar-refractivity contribution in [3.8, 4) is 0 Å². The van der Waals surface area contributed by atoms with Crippen molar-refractivity contribution >= 4 is 5.78 Å². The van der Waals surface area contributed by atoms with E-state index in [4.69, 9.17) is 4.74 Å². The van der Waals surface area contributed by atoms with Crippen LogP contribution in [0.4, 0.5) is 0 Å². The Balaban J connectivity index is 2.01. The predicted octanol–water partition coefficient (Wildman–Crippen LogP) is 0.886. The molecular formula is C11H17N3O2. The molecule has 88 valence electrons. The standard InChI is InChI=1S/C11H17N3O2/c1-11(5-3-4-6-16-11)10(15)7-9-8-14(2)13-12-9/h8H,3-7H2,1-2H3. The van der Waals surface area contributed by atoms with Crippen molar-refractivity contribution in [2.24, 2.45) is 7.05 Å². The third-order valence-electron chi connectivity index (χ3n) is 3.05. The van der Waals surface area contributed by atoms with E-state index >= 15 is 0 Å². The molecule has 1 atom stereocenters. The molecule has 0 saturated carbocycles. The Bertz CT molecular complexity index is 380. The molecule has 0 aromatic carbocycles. The molecule has 1 aromatic rings. The lowest BCUT2D eigenvalue weighted by Crippen LogP contribution is -2.42. The van der Waals surface area contributed by atoms with E-state index in [-0.39, 0.29) is 5.78 Å². The highest BCUT2D eigenvalue weighted by Gasteiger charge is 2.35. The highest BCUT2D eigenvalue weighted by atomic mass is 16.5. The maximum atomic E-state index is 12.1. The van der Waals surface area contributed by atoms with Crippen molar-refractivity contribution in [3.05, 3.63) is 11.9 Å². The molecule has 1 unspecified atom stereocenters. The van der Waals surface area contributed by atoms with Crippen molar-refractivity contribution in [3.63, 3.8) is 0 Å². The van der Waals surface area contributed by atoms with E-state index in [1.54, 1.807) is 17.9 Å². The van der Waals surface area contributed by atoms with Gasteiger partial charge in [-0.3, -0.25) is 9.48 Å². The van der Waals surface area contributed by atoms with Crippen molar-refractivity contribution in [2.45, 2.75) is 38.2 Å². The van der Waals surface area contributed by atoms with Gasteiger partial charge in [-0.1, -0.05) is 5.21 Å². The van der Waals surface area contributed by atoms with Gasteiger partial charge in [0.15, 0.2) is 5.78 Å². The average molecular weight is 223 g/mol. The van der Waals surface area contributed by atoms with Gasteiger partial charge >= 0.3 is 0 Å². The van der Waals surface area contributed by atoms with Crippen molar-refractivity contribution in [2.75, 3.05) is 6.61 Å². The van der Waals surface area contributed by atoms with E-state index < -0.39 is 5.60 Å². The minimum Gasteiger partial charge on any atom is -0.367 e. The Kier molecular flexibility index (Phi) is 3.05. The molecule has 1 saturated heterocycles. The van der Waals surface area contributed by atoms with Gasteiger partial charge in [-0.2, -0.15) is 0 Å². The topological polar surface area (TPSA) is 57.0 Å². The first kappa shape index (κ1) is 11.3. The maximum absolute atomic E-state index is 12.1. The molecule has 0 radical (unpaired) electrons. The van der Waals surface area contributed by atoms with Crippen LogP contribution in [-0.2, 0) is 23.0 Å². The molecule has 0 N–H and O–H groups in total. The number of carbonyl (C=O) groups is 1. The molecule has 0 spiro atoms. The van der Waals surface area contributed by atoms with Crippen LogP contribution >= 0.6 is 0 Å². The van der Waals surface area contributed by atoms with E-state index in [9.17, 15) is 4.79 Å². The largest absolute Gasteiger partial charge is 0.367 e. The van der Waals surface area contributed by atoms with Crippen LogP contribution in [0.2, 0.25) is 0 Å². The molecule has 5 heteroatoms. The lowest BCUT2D eigenvalue weighted by molar-refractivity contribution is -0.147. The summed E-state index contributed by atoms with van der Waals surface area (Å²) >= 11 is 0. The summed E-state index contributed by atoms with van der Waals surface area (Å²) in [6.45, 7) is 2.56. The van der Waals surface area contributed by atoms with Crippen LogP contribution in [0.3, 0.4) is 0 Å². The van der Waals surface area contributed by atoms with Crippen LogP contribution in [0.1, 0.15) is 31.9 Å². The first-order valence-electron chi connectivity index (χ1n) is 5.63. The van der Waals surface area contributed by atoms with E-state index in [1.807, 2.05) is 6.92 Å². The zero-order valence-corrected chi connectivity index (χ0v) is 9.77. The molecule has 2 rings (SSSR count). The van der Waals surface area contributed by atoms with E-state index in [0.717, 1.165) is 19.3 Å². The van der Waals surface area contributed by atoms with Crippen LogP contribution in [0, 0.1) is 0 Å². The summed E-state index contributed by atoms with van der Waals surface area (Å²) in [5.41, 5.74) is 0.0957. The van der Waals surface area contributed by atoms with Gasteiger partial charge in [0.2, 0.25) is 0 Å². The fourth-order valence-electron chi connectivity index (χ4n) is 1.98. The summed E-state index contributed by atoms with van der Waals surface area (Å²) in [5, 5.41) is 7.73. The number of nitrogens with zero attached hydrogens (tertiary/aromatic N) is 3. The van der Waals surface area contributed by atoms with Crippen LogP contribution in [-0.4, -0.2) is 33.0 Å². The normalized spacial score (nSPS) is 25.6. The van der Waals surface area contributed by atoms with E-state index in [0.29, 0.717) is 18.7 Å². The molecule has 2 heterocycles. The third kappa shape index (κ3) is 2.29. The highest BCUT2D eigenvalue weighted by molar-refractivity contribution is 5.88. The second-order valence-electron chi connectivity index (χ2n) is 4.52. The fraction of sp³-hybridized carbons (Fsp3) is 0.727. The predicted molar refractivity (Wildman–Crippen MR) is 57.9 cm³/mol. The number of ketones is 1. The number of hydrogen-bond acceptors (Lipinski definition) is 4. The summed E-state index contributed by atoms with van der Waals surface area (Å²) in [5.74, 6) is 0.104. The monoisotopic (exact) mass is 223 g/mol. The van der Waals surface area contributed by atoms with Gasteiger partial charge in [0.25, 0.3) is 0 Å². The Hall–Kier alpha value is -1.23. The molecule has 1 fully saturated rings. The van der Waals surface area contributed by atoms with E-state index in [2.05, 4.69) is 10.3 Å². The fourth-order valence-corrected chi connectivity index (χ4v) is 1.98. The summed E-state index contributed by atoms with van der Waals surface area (Å²) in [6, 6.07) is 0. The zero-order chi connectivity index (χ0) is 11.6. The smallest absolute Gasteiger partial charge is 0.170 e. The molecular weight excluding hydrogens is 206 g/mol. The Labute approximate surface area is 94.8 Å². The SMILES string of the molecule is Cn1cc(CC(=O)C2(C)CCCCO2)nn1. The van der Waals surface area contributed by atoms with Gasteiger partial charge in [0.1, 0.15) is 5.60 Å². The number of ether oxygens (including phenoxy) is 1. The second kappa shape index (κ2) is 4.33. The molecule has 1 aliphatic rings. The highest BCUT2D eigenvalue weighted by Crippen LogP contribution is 2.26. The first-order chi connectivity index (χ1) is 7.60. The summed E-state index contributed by atoms with van der Waals surface area (Å²) in [4.78, 5) is 12.1. The number of rotatable bonds is 3. The van der Waals surface area contributed by atoms with Gasteiger partial charge in [-0.05, 0) is 26.2 Å². The first-order valence-corrected chi connectivity index (χ1v) is 5.63. The summed E-state index contributed by atoms with van der Waals surface area (Å²) in [6.07, 6.45) is 5.00. The van der Waals surface area contributed by atoms with Crippen LogP contribution in [0.5, 0.6) is 0 Å². The molecule has 16 heavy (non-hydrogen) atoms. The van der Waals surface area contributed by atoms with Gasteiger partial charge in [-0.25, -0.2) is 0 Å². The van der Waals surface area contributed by atoms with Crippen LogP contribution < -0.4 is 0 Å². The average Bonchev–Trinajstić information content (AvgIpc) is 2.65. The van der Waals surface area contributed by atoms with Crippen LogP contribution in [0.15, 0.2) is 6.20 Å². The number of hydrogen-bond donors (Lipinski definition) is 0. The zero-order valence-electron chi connectivity index (χ0n) is 9.77. The minimum atomic E-state index is -0.615. The molecule has 0 amide bonds. The maximum Gasteiger partial charge on any atom is 0.170 e. The van der Waals surface area contributed by atoms with E-state index in [1.165, 1.54) is 0 Å². The lowest BCUT2D eigenvalue weighted by Gasteiger charge is -2.32. The van der Waals surface area contributed by atoms with Gasteiger partial charge < -0.3 is 4.74 Å². The lowest BCUT2D eigenvalue weighted by atomic mass is 9.89. The quantitative estimate of drug-likeness (QED) is 0.763. The minimum absolute atomic E-state index is 0.104. The number of aromatic nitrogens is 3. The number of aryl methyl sites for hydroxylation is 1. The molecule has 5 nitrogen and oxygen atoms in total. The van der Waals surface area contributed by atoms with Gasteiger partial charge in [0, 0.05) is 19.9 Å². The molecule has 1 aromatic heterocycles. The van der Waals surface area contributed by atoms with Gasteiger partial charge in [-0.15, -0.1) is 5.10 Å². The number of carbonyl (C=O) groups excluding carboxylic acids is 1. The molecule has 1 aliphatic heterocycles. The summed E-state index contributed by atoms with van der Waals surface area (Å²) < 4.78 is 7.21. The number of Topliss-reactive ketones (excluding diaryl/α,β-unsaturated/α-hetero) is 1. The van der Waals surface area contributed by atoms with Crippen molar-refractivity contribution < 1.29 is 9.53 Å². The molecule has 0 aliphatic carbocycles. The molecule has 0 bridgehead atoms. The Morgan fingerprint density at radius 1 is 1.62 bits per heavy atom. The Morgan fingerprint density at radius 2 is 2.44 bits per heavy atom. The Morgan fingerprint density at radius 3 is 3.00 bits per heavy atom. The van der Waals surface area contributed by atoms with Gasteiger partial charge in [0.05, 0.1) is 12.1 Å².